The normalized spacial score (nSPS) is 21.8. The fourth-order valence-electron chi connectivity index (χ4n) is 3.65. The van der Waals surface area contributed by atoms with Gasteiger partial charge in [-0.15, -0.1) is 0 Å². The van der Waals surface area contributed by atoms with Gasteiger partial charge in [0.2, 0.25) is 0 Å². The molecule has 0 spiro atoms. The van der Waals surface area contributed by atoms with Crippen molar-refractivity contribution in [1.82, 2.24) is 9.80 Å². The standard InChI is InChI=1S/C20H36N2O2/c1-17(16-18-8-6-5-7-9-18)10-11-21-12-14-22(15-13-21)19(23)24-20(2,3)4/h10,18H,5-9,11-16H2,1-4H3. The van der Waals surface area contributed by atoms with Gasteiger partial charge in [0, 0.05) is 32.7 Å². The Balaban J connectivity index is 1.68. The molecule has 1 saturated heterocycles. The van der Waals surface area contributed by atoms with Crippen LogP contribution in [0.4, 0.5) is 4.79 Å². The van der Waals surface area contributed by atoms with E-state index in [1.54, 1.807) is 0 Å². The minimum Gasteiger partial charge on any atom is -0.444 e. The van der Waals surface area contributed by atoms with Crippen LogP contribution in [0.15, 0.2) is 11.6 Å². The molecule has 1 aliphatic carbocycles. The topological polar surface area (TPSA) is 32.8 Å². The summed E-state index contributed by atoms with van der Waals surface area (Å²) >= 11 is 0. The lowest BCUT2D eigenvalue weighted by Gasteiger charge is -2.35. The highest BCUT2D eigenvalue weighted by molar-refractivity contribution is 5.68. The van der Waals surface area contributed by atoms with Crippen LogP contribution in [0.3, 0.4) is 0 Å². The molecule has 0 unspecified atom stereocenters. The predicted octanol–water partition coefficient (Wildman–Crippen LogP) is 4.46. The first-order valence-corrected chi connectivity index (χ1v) is 9.69. The summed E-state index contributed by atoms with van der Waals surface area (Å²) in [5, 5.41) is 0. The second-order valence-electron chi connectivity index (χ2n) is 8.53. The van der Waals surface area contributed by atoms with Crippen LogP contribution in [0.25, 0.3) is 0 Å². The van der Waals surface area contributed by atoms with Gasteiger partial charge in [0.15, 0.2) is 0 Å². The second-order valence-corrected chi connectivity index (χ2v) is 8.53. The minimum atomic E-state index is -0.410. The Morgan fingerprint density at radius 1 is 1.08 bits per heavy atom. The van der Waals surface area contributed by atoms with E-state index in [1.807, 2.05) is 25.7 Å². The van der Waals surface area contributed by atoms with E-state index < -0.39 is 5.60 Å². The molecule has 1 amide bonds. The van der Waals surface area contributed by atoms with Crippen LogP contribution in [0.5, 0.6) is 0 Å². The van der Waals surface area contributed by atoms with Crippen molar-refractivity contribution >= 4 is 6.09 Å². The molecule has 0 atom stereocenters. The molecule has 2 aliphatic rings. The summed E-state index contributed by atoms with van der Waals surface area (Å²) < 4.78 is 5.45. The van der Waals surface area contributed by atoms with Crippen molar-refractivity contribution < 1.29 is 9.53 Å². The van der Waals surface area contributed by atoms with Crippen LogP contribution in [-0.2, 0) is 4.74 Å². The van der Waals surface area contributed by atoms with Gasteiger partial charge < -0.3 is 9.64 Å². The molecule has 0 bridgehead atoms. The number of piperazine rings is 1. The highest BCUT2D eigenvalue weighted by Crippen LogP contribution is 2.28. The number of allylic oxidation sites excluding steroid dienone is 1. The molecule has 1 heterocycles. The number of hydrogen-bond donors (Lipinski definition) is 0. The molecule has 1 saturated carbocycles. The Morgan fingerprint density at radius 2 is 1.71 bits per heavy atom. The molecule has 0 aromatic rings. The number of nitrogens with zero attached hydrogens (tertiary/aromatic N) is 2. The quantitative estimate of drug-likeness (QED) is 0.711. The third-order valence-electron chi connectivity index (χ3n) is 5.06. The molecule has 0 radical (unpaired) electrons. The summed E-state index contributed by atoms with van der Waals surface area (Å²) in [6, 6.07) is 0. The van der Waals surface area contributed by atoms with E-state index in [9.17, 15) is 4.79 Å². The largest absolute Gasteiger partial charge is 0.444 e. The van der Waals surface area contributed by atoms with E-state index in [4.69, 9.17) is 4.74 Å². The molecule has 4 heteroatoms. The predicted molar refractivity (Wildman–Crippen MR) is 99.2 cm³/mol. The SMILES string of the molecule is CC(=CCN1CCN(C(=O)OC(C)(C)C)CC1)CC1CCCCC1. The van der Waals surface area contributed by atoms with Gasteiger partial charge in [0.05, 0.1) is 0 Å². The zero-order chi connectivity index (χ0) is 17.6. The van der Waals surface area contributed by atoms with Crippen LogP contribution in [0, 0.1) is 5.92 Å². The molecular weight excluding hydrogens is 300 g/mol. The number of ether oxygens (including phenoxy) is 1. The van der Waals surface area contributed by atoms with Gasteiger partial charge in [0.1, 0.15) is 5.60 Å². The Hall–Kier alpha value is -1.03. The van der Waals surface area contributed by atoms with Gasteiger partial charge in [-0.1, -0.05) is 43.8 Å². The monoisotopic (exact) mass is 336 g/mol. The fraction of sp³-hybridized carbons (Fsp3) is 0.850. The number of hydrogen-bond acceptors (Lipinski definition) is 3. The molecule has 0 N–H and O–H groups in total. The maximum atomic E-state index is 12.1. The molecule has 138 valence electrons. The summed E-state index contributed by atoms with van der Waals surface area (Å²) in [4.78, 5) is 16.4. The van der Waals surface area contributed by atoms with Crippen molar-refractivity contribution in [2.24, 2.45) is 5.92 Å². The maximum absolute atomic E-state index is 12.1. The van der Waals surface area contributed by atoms with Crippen LogP contribution in [0.1, 0.15) is 66.2 Å². The maximum Gasteiger partial charge on any atom is 0.410 e. The van der Waals surface area contributed by atoms with E-state index >= 15 is 0 Å². The fourth-order valence-corrected chi connectivity index (χ4v) is 3.65. The Bertz CT molecular complexity index is 425. The lowest BCUT2D eigenvalue weighted by molar-refractivity contribution is 0.0154. The van der Waals surface area contributed by atoms with E-state index in [1.165, 1.54) is 44.1 Å². The van der Waals surface area contributed by atoms with Crippen molar-refractivity contribution in [2.45, 2.75) is 71.8 Å². The highest BCUT2D eigenvalue weighted by Gasteiger charge is 2.25. The molecule has 0 aromatic carbocycles. The van der Waals surface area contributed by atoms with Crippen LogP contribution < -0.4 is 0 Å². The molecule has 1 aliphatic heterocycles. The first-order valence-electron chi connectivity index (χ1n) is 9.69. The van der Waals surface area contributed by atoms with E-state index in [0.717, 1.165) is 38.6 Å². The summed E-state index contributed by atoms with van der Waals surface area (Å²) in [7, 11) is 0. The molecule has 2 rings (SSSR count). The number of carbonyl (C=O) groups excluding carboxylic acids is 1. The van der Waals surface area contributed by atoms with Crippen molar-refractivity contribution in [2.75, 3.05) is 32.7 Å². The summed E-state index contributed by atoms with van der Waals surface area (Å²) in [5.41, 5.74) is 1.13. The average Bonchev–Trinajstić information content (AvgIpc) is 2.53. The van der Waals surface area contributed by atoms with E-state index in [-0.39, 0.29) is 6.09 Å². The van der Waals surface area contributed by atoms with Crippen LogP contribution in [-0.4, -0.2) is 54.2 Å². The molecular formula is C20H36N2O2. The zero-order valence-corrected chi connectivity index (χ0v) is 16.1. The summed E-state index contributed by atoms with van der Waals surface area (Å²) in [6.45, 7) is 12.5. The van der Waals surface area contributed by atoms with Crippen molar-refractivity contribution in [1.29, 1.82) is 0 Å². The Morgan fingerprint density at radius 3 is 2.29 bits per heavy atom. The Kier molecular flexibility index (Phi) is 7.15. The number of amides is 1. The average molecular weight is 337 g/mol. The molecule has 4 nitrogen and oxygen atoms in total. The molecule has 24 heavy (non-hydrogen) atoms. The van der Waals surface area contributed by atoms with Crippen molar-refractivity contribution in [3.05, 3.63) is 11.6 Å². The lowest BCUT2D eigenvalue weighted by atomic mass is 9.85. The van der Waals surface area contributed by atoms with Gasteiger partial charge in [-0.2, -0.15) is 0 Å². The van der Waals surface area contributed by atoms with Gasteiger partial charge in [0.25, 0.3) is 0 Å². The molecule has 0 aromatic heterocycles. The van der Waals surface area contributed by atoms with Crippen molar-refractivity contribution in [3.8, 4) is 0 Å². The van der Waals surface area contributed by atoms with Gasteiger partial charge in [-0.3, -0.25) is 4.90 Å². The third-order valence-corrected chi connectivity index (χ3v) is 5.06. The number of rotatable bonds is 4. The summed E-state index contributed by atoms with van der Waals surface area (Å²) in [5.74, 6) is 0.916. The highest BCUT2D eigenvalue weighted by atomic mass is 16.6. The minimum absolute atomic E-state index is 0.175. The summed E-state index contributed by atoms with van der Waals surface area (Å²) in [6.07, 6.45) is 10.6. The molecule has 2 fully saturated rings. The van der Waals surface area contributed by atoms with Gasteiger partial charge in [-0.05, 0) is 40.0 Å². The van der Waals surface area contributed by atoms with Crippen LogP contribution in [0.2, 0.25) is 0 Å². The van der Waals surface area contributed by atoms with Crippen molar-refractivity contribution in [3.63, 3.8) is 0 Å². The van der Waals surface area contributed by atoms with Gasteiger partial charge >= 0.3 is 6.09 Å². The smallest absolute Gasteiger partial charge is 0.410 e. The van der Waals surface area contributed by atoms with E-state index in [0.29, 0.717) is 0 Å². The van der Waals surface area contributed by atoms with Crippen LogP contribution >= 0.6 is 0 Å². The first kappa shape index (κ1) is 19.3. The second kappa shape index (κ2) is 8.89. The number of carbonyl (C=O) groups is 1. The third kappa shape index (κ3) is 6.84. The first-order chi connectivity index (χ1) is 11.3. The zero-order valence-electron chi connectivity index (χ0n) is 16.1. The Labute approximate surface area is 148 Å². The van der Waals surface area contributed by atoms with Gasteiger partial charge in [-0.25, -0.2) is 4.79 Å². The van der Waals surface area contributed by atoms with E-state index in [2.05, 4.69) is 17.9 Å². The lowest BCUT2D eigenvalue weighted by Crippen LogP contribution is -2.49.